The zero-order chi connectivity index (χ0) is 13.3. The Kier molecular flexibility index (Phi) is 3.83. The molecule has 1 aromatic rings. The lowest BCUT2D eigenvalue weighted by Crippen LogP contribution is -2.18. The summed E-state index contributed by atoms with van der Waals surface area (Å²) < 4.78 is 6.12. The summed E-state index contributed by atoms with van der Waals surface area (Å²) in [6, 6.07) is 5.65. The lowest BCUT2D eigenvalue weighted by Gasteiger charge is -2.28. The molecule has 0 amide bonds. The number of rotatable bonds is 2. The maximum Gasteiger partial charge on any atom is 0.120 e. The Balaban J connectivity index is 2.46. The van der Waals surface area contributed by atoms with Gasteiger partial charge >= 0.3 is 0 Å². The molecule has 0 spiro atoms. The van der Waals surface area contributed by atoms with Gasteiger partial charge in [0.05, 0.1) is 12.1 Å². The van der Waals surface area contributed by atoms with E-state index in [9.17, 15) is 0 Å². The summed E-state index contributed by atoms with van der Waals surface area (Å²) in [7, 11) is 3.59. The van der Waals surface area contributed by atoms with Crippen LogP contribution in [-0.2, 0) is 0 Å². The van der Waals surface area contributed by atoms with E-state index in [1.807, 2.05) is 42.3 Å². The van der Waals surface area contributed by atoms with Crippen molar-refractivity contribution in [2.45, 2.75) is 0 Å². The molecule has 1 aliphatic rings. The summed E-state index contributed by atoms with van der Waals surface area (Å²) in [4.78, 5) is 2.00. The number of methoxy groups -OCH3 is 1. The highest BCUT2D eigenvalue weighted by Gasteiger charge is 2.18. The molecule has 0 radical (unpaired) electrons. The van der Waals surface area contributed by atoms with Crippen LogP contribution < -0.4 is 4.74 Å². The van der Waals surface area contributed by atoms with Gasteiger partial charge in [-0.25, -0.2) is 0 Å². The second-order valence-corrected chi connectivity index (χ2v) is 5.18. The zero-order valence-electron chi connectivity index (χ0n) is 10.2. The molecule has 2 nitrogen and oxygen atoms in total. The molecule has 0 aromatic heterocycles. The van der Waals surface area contributed by atoms with Crippen LogP contribution in [0.2, 0.25) is 5.02 Å². The van der Waals surface area contributed by atoms with Gasteiger partial charge in [0.1, 0.15) is 5.75 Å². The Bertz CT molecular complexity index is 563. The highest BCUT2D eigenvalue weighted by Crippen LogP contribution is 2.35. The van der Waals surface area contributed by atoms with E-state index >= 15 is 0 Å². The normalized spacial score (nSPS) is 15.3. The van der Waals surface area contributed by atoms with Gasteiger partial charge in [-0.2, -0.15) is 0 Å². The maximum absolute atomic E-state index is 6.28. The van der Waals surface area contributed by atoms with Crippen molar-refractivity contribution in [3.05, 3.63) is 57.7 Å². The molecule has 4 heteroatoms. The van der Waals surface area contributed by atoms with Crippen LogP contribution in [0.1, 0.15) is 5.56 Å². The molecule has 0 N–H and O–H groups in total. The minimum atomic E-state index is 0.659. The Morgan fingerprint density at radius 2 is 2.06 bits per heavy atom. The Morgan fingerprint density at radius 3 is 2.67 bits per heavy atom. The summed E-state index contributed by atoms with van der Waals surface area (Å²) >= 11 is 9.74. The first-order valence-electron chi connectivity index (χ1n) is 5.39. The van der Waals surface area contributed by atoms with Crippen LogP contribution in [0.4, 0.5) is 0 Å². The van der Waals surface area contributed by atoms with Gasteiger partial charge in [-0.3, -0.25) is 0 Å². The maximum atomic E-state index is 6.28. The molecule has 0 saturated heterocycles. The van der Waals surface area contributed by atoms with Gasteiger partial charge in [0.15, 0.2) is 0 Å². The first kappa shape index (κ1) is 13.2. The number of halogens is 2. The number of nitrogens with zero attached hydrogens (tertiary/aromatic N) is 1. The molecule has 0 aliphatic carbocycles. The topological polar surface area (TPSA) is 12.5 Å². The van der Waals surface area contributed by atoms with E-state index in [4.69, 9.17) is 16.3 Å². The smallest absolute Gasteiger partial charge is 0.120 e. The monoisotopic (exact) mass is 325 g/mol. The van der Waals surface area contributed by atoms with Crippen LogP contribution in [0.3, 0.4) is 0 Å². The first-order chi connectivity index (χ1) is 8.54. The molecular weight excluding hydrogens is 314 g/mol. The van der Waals surface area contributed by atoms with Crippen LogP contribution in [0.5, 0.6) is 5.75 Å². The number of likely N-dealkylation sites (N-methyl/N-ethyl adjacent to an activating group) is 1. The summed E-state index contributed by atoms with van der Waals surface area (Å²) in [6.07, 6.45) is 3.98. The van der Waals surface area contributed by atoms with Crippen LogP contribution in [0, 0.1) is 0 Å². The van der Waals surface area contributed by atoms with Crippen molar-refractivity contribution in [1.29, 1.82) is 0 Å². The van der Waals surface area contributed by atoms with Crippen LogP contribution in [0.25, 0.3) is 5.70 Å². The van der Waals surface area contributed by atoms with Crippen LogP contribution in [-0.4, -0.2) is 19.1 Å². The predicted molar refractivity (Wildman–Crippen MR) is 79.9 cm³/mol. The van der Waals surface area contributed by atoms with Crippen molar-refractivity contribution in [2.75, 3.05) is 14.2 Å². The van der Waals surface area contributed by atoms with E-state index in [0.29, 0.717) is 5.02 Å². The molecule has 1 aliphatic heterocycles. The number of benzene rings is 1. The van der Waals surface area contributed by atoms with Gasteiger partial charge < -0.3 is 9.64 Å². The lowest BCUT2D eigenvalue weighted by molar-refractivity contribution is 0.414. The van der Waals surface area contributed by atoms with E-state index in [0.717, 1.165) is 27.2 Å². The average Bonchev–Trinajstić information content (AvgIpc) is 2.37. The van der Waals surface area contributed by atoms with Crippen molar-refractivity contribution in [1.82, 2.24) is 4.90 Å². The Hall–Kier alpha value is -1.19. The third kappa shape index (κ3) is 2.33. The fourth-order valence-corrected chi connectivity index (χ4v) is 2.43. The minimum Gasteiger partial charge on any atom is -0.497 e. The summed E-state index contributed by atoms with van der Waals surface area (Å²) in [5, 5.41) is 0.659. The standard InChI is InChI=1S/C14H13BrClNO/c1-9-12(15)6-7-14(17(9)2)11-5-4-10(18-3)8-13(11)16/h4-8H,1H2,2-3H3. The molecule has 94 valence electrons. The average molecular weight is 327 g/mol. The second-order valence-electron chi connectivity index (χ2n) is 3.92. The number of hydrogen-bond donors (Lipinski definition) is 0. The third-order valence-corrected chi connectivity index (χ3v) is 3.92. The lowest BCUT2D eigenvalue weighted by atomic mass is 10.1. The third-order valence-electron chi connectivity index (χ3n) is 2.88. The summed E-state index contributed by atoms with van der Waals surface area (Å²) in [5.41, 5.74) is 2.87. The molecule has 0 atom stereocenters. The van der Waals surface area contributed by atoms with Crippen LogP contribution >= 0.6 is 27.5 Å². The minimum absolute atomic E-state index is 0.659. The van der Waals surface area contributed by atoms with E-state index in [-0.39, 0.29) is 0 Å². The van der Waals surface area contributed by atoms with E-state index in [1.165, 1.54) is 0 Å². The molecule has 18 heavy (non-hydrogen) atoms. The highest BCUT2D eigenvalue weighted by molar-refractivity contribution is 9.12. The quantitative estimate of drug-likeness (QED) is 0.797. The molecule has 0 bridgehead atoms. The van der Waals surface area contributed by atoms with Crippen molar-refractivity contribution in [3.63, 3.8) is 0 Å². The summed E-state index contributed by atoms with van der Waals surface area (Å²) in [5.74, 6) is 0.748. The molecule has 0 saturated carbocycles. The van der Waals surface area contributed by atoms with Crippen LogP contribution in [0.15, 0.2) is 47.1 Å². The van der Waals surface area contributed by atoms with Gasteiger partial charge in [0.2, 0.25) is 0 Å². The van der Waals surface area contributed by atoms with E-state index in [2.05, 4.69) is 22.5 Å². The van der Waals surface area contributed by atoms with Crippen molar-refractivity contribution >= 4 is 33.2 Å². The molecule has 1 aromatic carbocycles. The first-order valence-corrected chi connectivity index (χ1v) is 6.56. The zero-order valence-corrected chi connectivity index (χ0v) is 12.5. The van der Waals surface area contributed by atoms with E-state index < -0.39 is 0 Å². The number of ether oxygens (including phenoxy) is 1. The molecule has 1 heterocycles. The van der Waals surface area contributed by atoms with Crippen molar-refractivity contribution in [3.8, 4) is 5.75 Å². The molecule has 0 fully saturated rings. The van der Waals surface area contributed by atoms with Crippen molar-refractivity contribution < 1.29 is 4.74 Å². The van der Waals surface area contributed by atoms with Gasteiger partial charge in [0, 0.05) is 28.5 Å². The van der Waals surface area contributed by atoms with E-state index in [1.54, 1.807) is 7.11 Å². The summed E-state index contributed by atoms with van der Waals surface area (Å²) in [6.45, 7) is 4.02. The highest BCUT2D eigenvalue weighted by atomic mass is 79.9. The largest absolute Gasteiger partial charge is 0.497 e. The number of hydrogen-bond acceptors (Lipinski definition) is 2. The van der Waals surface area contributed by atoms with Gasteiger partial charge in [-0.05, 0) is 46.3 Å². The number of allylic oxidation sites excluding steroid dienone is 3. The fourth-order valence-electron chi connectivity index (χ4n) is 1.77. The van der Waals surface area contributed by atoms with Gasteiger partial charge in [-0.15, -0.1) is 0 Å². The fraction of sp³-hybridized carbons (Fsp3) is 0.143. The molecular formula is C14H13BrClNO. The molecule has 0 unspecified atom stereocenters. The Morgan fingerprint density at radius 1 is 1.33 bits per heavy atom. The van der Waals surface area contributed by atoms with Gasteiger partial charge in [-0.1, -0.05) is 18.2 Å². The second kappa shape index (κ2) is 5.21. The Labute approximate surface area is 120 Å². The van der Waals surface area contributed by atoms with Gasteiger partial charge in [0.25, 0.3) is 0 Å². The molecule has 2 rings (SSSR count). The SMILES string of the molecule is C=C1C(Br)=CC=C(c2ccc(OC)cc2Cl)N1C. The predicted octanol–water partition coefficient (Wildman–Crippen LogP) is 4.43. The van der Waals surface area contributed by atoms with Crippen molar-refractivity contribution in [2.24, 2.45) is 0 Å².